The Morgan fingerprint density at radius 1 is 1.71 bits per heavy atom. The normalized spacial score (nSPS) is 21.1. The molecule has 0 radical (unpaired) electrons. The maximum Gasteiger partial charge on any atom is 0.315 e. The summed E-state index contributed by atoms with van der Waals surface area (Å²) in [6.07, 6.45) is 1.80. The van der Waals surface area contributed by atoms with Crippen LogP contribution in [0.3, 0.4) is 0 Å². The lowest BCUT2D eigenvalue weighted by atomic mass is 10.2. The van der Waals surface area contributed by atoms with Crippen LogP contribution in [0.4, 0.5) is 4.79 Å². The molecule has 1 saturated heterocycles. The summed E-state index contributed by atoms with van der Waals surface area (Å²) in [6.45, 7) is 3.44. The van der Waals surface area contributed by atoms with E-state index >= 15 is 0 Å². The minimum absolute atomic E-state index is 0.0965. The average molecular weight is 254 g/mol. The fourth-order valence-electron chi connectivity index (χ4n) is 1.90. The van der Waals surface area contributed by atoms with Gasteiger partial charge in [-0.3, -0.25) is 0 Å². The Labute approximate surface area is 105 Å². The lowest BCUT2D eigenvalue weighted by molar-refractivity contribution is 0.188. The number of amides is 2. The average Bonchev–Trinajstić information content (AvgIpc) is 2.97. The van der Waals surface area contributed by atoms with E-state index in [1.165, 1.54) is 4.88 Å². The van der Waals surface area contributed by atoms with Crippen molar-refractivity contribution in [3.05, 3.63) is 22.4 Å². The predicted molar refractivity (Wildman–Crippen MR) is 68.2 cm³/mol. The number of urea groups is 1. The van der Waals surface area contributed by atoms with Gasteiger partial charge < -0.3 is 15.4 Å². The first kappa shape index (κ1) is 12.4. The van der Waals surface area contributed by atoms with Crippen molar-refractivity contribution < 1.29 is 9.53 Å². The molecule has 0 aromatic carbocycles. The van der Waals surface area contributed by atoms with Crippen LogP contribution in [-0.4, -0.2) is 25.3 Å². The monoisotopic (exact) mass is 254 g/mol. The molecule has 1 aromatic heterocycles. The third-order valence-electron chi connectivity index (χ3n) is 2.87. The van der Waals surface area contributed by atoms with Crippen molar-refractivity contribution in [1.82, 2.24) is 10.6 Å². The van der Waals surface area contributed by atoms with Gasteiger partial charge in [0.2, 0.25) is 0 Å². The SMILES string of the molecule is CCC(NC(=O)NC1CCOC1)c1cccs1. The van der Waals surface area contributed by atoms with E-state index in [0.29, 0.717) is 6.61 Å². The standard InChI is InChI=1S/C12H18N2O2S/c1-2-10(11-4-3-7-17-11)14-12(15)13-9-5-6-16-8-9/h3-4,7,9-10H,2,5-6,8H2,1H3,(H2,13,14,15). The van der Waals surface area contributed by atoms with E-state index in [1.54, 1.807) is 11.3 Å². The van der Waals surface area contributed by atoms with Crippen molar-refractivity contribution >= 4 is 17.4 Å². The molecule has 0 bridgehead atoms. The fourth-order valence-corrected chi connectivity index (χ4v) is 2.76. The first-order valence-electron chi connectivity index (χ1n) is 5.97. The lowest BCUT2D eigenvalue weighted by Gasteiger charge is -2.18. The molecule has 2 N–H and O–H groups in total. The van der Waals surface area contributed by atoms with E-state index in [2.05, 4.69) is 23.6 Å². The van der Waals surface area contributed by atoms with E-state index in [1.807, 2.05) is 11.4 Å². The zero-order chi connectivity index (χ0) is 12.1. The number of carbonyl (C=O) groups excluding carboxylic acids is 1. The molecule has 2 unspecified atom stereocenters. The van der Waals surface area contributed by atoms with Gasteiger partial charge in [-0.15, -0.1) is 11.3 Å². The van der Waals surface area contributed by atoms with Crippen molar-refractivity contribution in [2.75, 3.05) is 13.2 Å². The molecule has 0 aliphatic carbocycles. The Bertz CT molecular complexity index is 347. The highest BCUT2D eigenvalue weighted by Gasteiger charge is 2.19. The molecule has 2 rings (SSSR count). The van der Waals surface area contributed by atoms with Gasteiger partial charge in [-0.1, -0.05) is 13.0 Å². The number of rotatable bonds is 4. The van der Waals surface area contributed by atoms with Gasteiger partial charge in [0.25, 0.3) is 0 Å². The van der Waals surface area contributed by atoms with E-state index in [4.69, 9.17) is 4.74 Å². The van der Waals surface area contributed by atoms with Crippen molar-refractivity contribution in [1.29, 1.82) is 0 Å². The maximum atomic E-state index is 11.8. The lowest BCUT2D eigenvalue weighted by Crippen LogP contribution is -2.43. The number of thiophene rings is 1. The van der Waals surface area contributed by atoms with Gasteiger partial charge in [-0.25, -0.2) is 4.79 Å². The quantitative estimate of drug-likeness (QED) is 0.866. The van der Waals surface area contributed by atoms with E-state index < -0.39 is 0 Å². The largest absolute Gasteiger partial charge is 0.379 e. The Morgan fingerprint density at radius 2 is 2.59 bits per heavy atom. The zero-order valence-corrected chi connectivity index (χ0v) is 10.8. The second-order valence-corrected chi connectivity index (χ2v) is 5.13. The molecule has 2 heterocycles. The molecule has 1 aromatic rings. The second kappa shape index (κ2) is 6.02. The third-order valence-corrected chi connectivity index (χ3v) is 3.85. The molecule has 2 atom stereocenters. The van der Waals surface area contributed by atoms with Crippen molar-refractivity contribution in [3.8, 4) is 0 Å². The van der Waals surface area contributed by atoms with Crippen LogP contribution in [0.2, 0.25) is 0 Å². The Morgan fingerprint density at radius 3 is 3.18 bits per heavy atom. The van der Waals surface area contributed by atoms with E-state index in [0.717, 1.165) is 19.4 Å². The van der Waals surface area contributed by atoms with Gasteiger partial charge in [0, 0.05) is 11.5 Å². The van der Waals surface area contributed by atoms with Crippen LogP contribution in [0.1, 0.15) is 30.7 Å². The van der Waals surface area contributed by atoms with Crippen LogP contribution >= 0.6 is 11.3 Å². The highest BCUT2D eigenvalue weighted by molar-refractivity contribution is 7.10. The number of ether oxygens (including phenoxy) is 1. The van der Waals surface area contributed by atoms with Gasteiger partial charge in [0.15, 0.2) is 0 Å². The topological polar surface area (TPSA) is 50.4 Å². The van der Waals surface area contributed by atoms with Crippen LogP contribution in [0.15, 0.2) is 17.5 Å². The van der Waals surface area contributed by atoms with Gasteiger partial charge in [-0.2, -0.15) is 0 Å². The third kappa shape index (κ3) is 3.44. The zero-order valence-electron chi connectivity index (χ0n) is 9.94. The van der Waals surface area contributed by atoms with Crippen LogP contribution in [-0.2, 0) is 4.74 Å². The molecule has 94 valence electrons. The smallest absolute Gasteiger partial charge is 0.315 e. The molecule has 1 fully saturated rings. The maximum absolute atomic E-state index is 11.8. The first-order valence-corrected chi connectivity index (χ1v) is 6.85. The van der Waals surface area contributed by atoms with Crippen LogP contribution in [0.5, 0.6) is 0 Å². The summed E-state index contributed by atoms with van der Waals surface area (Å²) < 4.78 is 5.22. The molecule has 1 aliphatic heterocycles. The van der Waals surface area contributed by atoms with Crippen molar-refractivity contribution in [3.63, 3.8) is 0 Å². The number of hydrogen-bond acceptors (Lipinski definition) is 3. The molecule has 0 spiro atoms. The van der Waals surface area contributed by atoms with Gasteiger partial charge in [-0.05, 0) is 24.3 Å². The minimum atomic E-state index is -0.0965. The summed E-state index contributed by atoms with van der Waals surface area (Å²) >= 11 is 1.67. The fraction of sp³-hybridized carbons (Fsp3) is 0.583. The summed E-state index contributed by atoms with van der Waals surface area (Å²) in [5.41, 5.74) is 0. The first-order chi connectivity index (χ1) is 8.29. The Hall–Kier alpha value is -1.07. The molecular formula is C12H18N2O2S. The second-order valence-electron chi connectivity index (χ2n) is 4.15. The van der Waals surface area contributed by atoms with E-state index in [9.17, 15) is 4.79 Å². The summed E-state index contributed by atoms with van der Waals surface area (Å²) in [6, 6.07) is 4.24. The Kier molecular flexibility index (Phi) is 4.39. The van der Waals surface area contributed by atoms with Gasteiger partial charge in [0.05, 0.1) is 18.7 Å². The summed E-state index contributed by atoms with van der Waals surface area (Å²) in [4.78, 5) is 13.0. The van der Waals surface area contributed by atoms with Gasteiger partial charge in [0.1, 0.15) is 0 Å². The number of carbonyl (C=O) groups is 1. The molecule has 2 amide bonds. The molecule has 4 nitrogen and oxygen atoms in total. The van der Waals surface area contributed by atoms with Crippen LogP contribution in [0.25, 0.3) is 0 Å². The molecule has 1 aliphatic rings. The highest BCUT2D eigenvalue weighted by atomic mass is 32.1. The number of nitrogens with one attached hydrogen (secondary N) is 2. The predicted octanol–water partition coefficient (Wildman–Crippen LogP) is 2.29. The van der Waals surface area contributed by atoms with Crippen molar-refractivity contribution in [2.24, 2.45) is 0 Å². The molecular weight excluding hydrogens is 236 g/mol. The summed E-state index contributed by atoms with van der Waals surface area (Å²) in [5.74, 6) is 0. The van der Waals surface area contributed by atoms with Crippen LogP contribution in [0, 0.1) is 0 Å². The summed E-state index contributed by atoms with van der Waals surface area (Å²) in [5, 5.41) is 7.97. The molecule has 0 saturated carbocycles. The van der Waals surface area contributed by atoms with Crippen LogP contribution < -0.4 is 10.6 Å². The molecule has 17 heavy (non-hydrogen) atoms. The van der Waals surface area contributed by atoms with Gasteiger partial charge >= 0.3 is 6.03 Å². The van der Waals surface area contributed by atoms with Crippen molar-refractivity contribution in [2.45, 2.75) is 31.8 Å². The summed E-state index contributed by atoms with van der Waals surface area (Å²) in [7, 11) is 0. The Balaban J connectivity index is 1.83. The highest BCUT2D eigenvalue weighted by Crippen LogP contribution is 2.21. The number of hydrogen-bond donors (Lipinski definition) is 2. The molecule has 5 heteroatoms. The van der Waals surface area contributed by atoms with E-state index in [-0.39, 0.29) is 18.1 Å². The minimum Gasteiger partial charge on any atom is -0.379 e.